The molecule has 0 aromatic heterocycles. The van der Waals surface area contributed by atoms with Crippen molar-refractivity contribution in [1.82, 2.24) is 0 Å². The van der Waals surface area contributed by atoms with Gasteiger partial charge in [-0.25, -0.2) is 0 Å². The van der Waals surface area contributed by atoms with Gasteiger partial charge in [0, 0.05) is 11.4 Å². The number of aliphatic hydroxyl groups excluding tert-OH is 1. The van der Waals surface area contributed by atoms with Crippen molar-refractivity contribution in [2.45, 2.75) is 32.8 Å². The van der Waals surface area contributed by atoms with Crippen LogP contribution in [0.1, 0.15) is 37.0 Å². The molecule has 1 aromatic carbocycles. The largest absolute Gasteiger partial charge is 0.388 e. The monoisotopic (exact) mass is 222 g/mol. The summed E-state index contributed by atoms with van der Waals surface area (Å²) in [5.41, 5.74) is 1.94. The second kappa shape index (κ2) is 5.80. The summed E-state index contributed by atoms with van der Waals surface area (Å²) in [6, 6.07) is 5.64. The molecule has 0 fully saturated rings. The Labute approximate surface area is 96.1 Å². The van der Waals surface area contributed by atoms with Crippen LogP contribution in [-0.2, 0) is 0 Å². The molecule has 1 N–H and O–H groups in total. The summed E-state index contributed by atoms with van der Waals surface area (Å²) in [6.07, 6.45) is 0.896. The Hall–Kier alpha value is -0.970. The van der Waals surface area contributed by atoms with E-state index >= 15 is 0 Å². The summed E-state index contributed by atoms with van der Waals surface area (Å²) in [4.78, 5) is 0. The first kappa shape index (κ1) is 12.1. The van der Waals surface area contributed by atoms with Crippen LogP contribution in [-0.4, -0.2) is 5.11 Å². The van der Waals surface area contributed by atoms with Crippen molar-refractivity contribution >= 4 is 11.6 Å². The number of hydrogen-bond donors (Lipinski definition) is 1. The lowest BCUT2D eigenvalue weighted by Gasteiger charge is -2.10. The fourth-order valence-electron chi connectivity index (χ4n) is 1.46. The highest BCUT2D eigenvalue weighted by atomic mass is 35.5. The average Bonchev–Trinajstić information content (AvgIpc) is 2.16. The molecule has 2 heteroatoms. The zero-order chi connectivity index (χ0) is 11.3. The third kappa shape index (κ3) is 3.95. The lowest BCUT2D eigenvalue weighted by Crippen LogP contribution is -1.97. The first-order chi connectivity index (χ1) is 7.13. The van der Waals surface area contributed by atoms with Crippen LogP contribution in [0.2, 0.25) is 5.02 Å². The molecule has 1 atom stereocenters. The van der Waals surface area contributed by atoms with Crippen molar-refractivity contribution in [3.8, 4) is 11.8 Å². The summed E-state index contributed by atoms with van der Waals surface area (Å²) in [5, 5.41) is 10.5. The quantitative estimate of drug-likeness (QED) is 0.777. The van der Waals surface area contributed by atoms with Gasteiger partial charge in [0.05, 0.1) is 6.10 Å². The van der Waals surface area contributed by atoms with Gasteiger partial charge >= 0.3 is 0 Å². The molecule has 0 bridgehead atoms. The summed E-state index contributed by atoms with van der Waals surface area (Å²) in [7, 11) is 0. The van der Waals surface area contributed by atoms with Crippen LogP contribution in [0.4, 0.5) is 0 Å². The second-order valence-electron chi connectivity index (χ2n) is 3.54. The van der Waals surface area contributed by atoms with Crippen LogP contribution in [0.5, 0.6) is 0 Å². The molecule has 0 saturated carbocycles. The smallest absolute Gasteiger partial charge is 0.0799 e. The number of halogens is 1. The molecule has 1 aromatic rings. The minimum Gasteiger partial charge on any atom is -0.388 e. The van der Waals surface area contributed by atoms with Gasteiger partial charge in [0.1, 0.15) is 0 Å². The van der Waals surface area contributed by atoms with E-state index in [0.717, 1.165) is 11.1 Å². The van der Waals surface area contributed by atoms with Gasteiger partial charge in [-0.15, -0.1) is 11.8 Å². The highest BCUT2D eigenvalue weighted by Gasteiger charge is 2.07. The Morgan fingerprint density at radius 1 is 1.40 bits per heavy atom. The summed E-state index contributed by atoms with van der Waals surface area (Å²) in [6.45, 7) is 3.77. The number of benzene rings is 1. The lowest BCUT2D eigenvalue weighted by atomic mass is 10.0. The SMILES string of the molecule is CC#CCCC(O)c1cc(C)cc(Cl)c1. The van der Waals surface area contributed by atoms with Gasteiger partial charge in [0.15, 0.2) is 0 Å². The van der Waals surface area contributed by atoms with Crippen molar-refractivity contribution in [1.29, 1.82) is 0 Å². The molecule has 15 heavy (non-hydrogen) atoms. The first-order valence-corrected chi connectivity index (χ1v) is 5.36. The molecule has 80 valence electrons. The molecule has 0 heterocycles. The van der Waals surface area contributed by atoms with Crippen molar-refractivity contribution in [3.05, 3.63) is 34.3 Å². The normalized spacial score (nSPS) is 11.7. The Balaban J connectivity index is 2.71. The maximum Gasteiger partial charge on any atom is 0.0799 e. The summed E-state index contributed by atoms with van der Waals surface area (Å²) in [5.74, 6) is 5.75. The Bertz CT molecular complexity index is 367. The van der Waals surface area contributed by atoms with E-state index in [1.807, 2.05) is 19.1 Å². The molecule has 0 aliphatic rings. The maximum absolute atomic E-state index is 9.87. The fourth-order valence-corrected chi connectivity index (χ4v) is 1.76. The number of aryl methyl sites for hydroxylation is 1. The Morgan fingerprint density at radius 2 is 2.13 bits per heavy atom. The predicted molar refractivity (Wildman–Crippen MR) is 63.8 cm³/mol. The molecular formula is C13H15ClO. The van der Waals surface area contributed by atoms with Crippen molar-refractivity contribution in [3.63, 3.8) is 0 Å². The van der Waals surface area contributed by atoms with E-state index < -0.39 is 6.10 Å². The van der Waals surface area contributed by atoms with Crippen molar-refractivity contribution < 1.29 is 5.11 Å². The van der Waals surface area contributed by atoms with Crippen LogP contribution >= 0.6 is 11.6 Å². The molecule has 0 amide bonds. The zero-order valence-corrected chi connectivity index (χ0v) is 9.80. The summed E-state index contributed by atoms with van der Waals surface area (Å²) >= 11 is 5.92. The summed E-state index contributed by atoms with van der Waals surface area (Å²) < 4.78 is 0. The highest BCUT2D eigenvalue weighted by Crippen LogP contribution is 2.23. The molecule has 1 unspecified atom stereocenters. The third-order valence-corrected chi connectivity index (χ3v) is 2.39. The second-order valence-corrected chi connectivity index (χ2v) is 3.98. The Morgan fingerprint density at radius 3 is 2.73 bits per heavy atom. The van der Waals surface area contributed by atoms with Crippen LogP contribution < -0.4 is 0 Å². The van der Waals surface area contributed by atoms with E-state index in [9.17, 15) is 5.11 Å². The first-order valence-electron chi connectivity index (χ1n) is 4.98. The van der Waals surface area contributed by atoms with E-state index in [-0.39, 0.29) is 0 Å². The van der Waals surface area contributed by atoms with Gasteiger partial charge in [-0.1, -0.05) is 17.7 Å². The number of rotatable bonds is 3. The Kier molecular flexibility index (Phi) is 4.68. The maximum atomic E-state index is 9.87. The lowest BCUT2D eigenvalue weighted by molar-refractivity contribution is 0.169. The van der Waals surface area contributed by atoms with Crippen LogP contribution in [0.25, 0.3) is 0 Å². The van der Waals surface area contributed by atoms with Gasteiger partial charge in [-0.2, -0.15) is 0 Å². The van der Waals surface area contributed by atoms with Crippen LogP contribution in [0, 0.1) is 18.8 Å². The topological polar surface area (TPSA) is 20.2 Å². The molecule has 0 aliphatic carbocycles. The highest BCUT2D eigenvalue weighted by molar-refractivity contribution is 6.30. The van der Waals surface area contributed by atoms with Gasteiger partial charge in [0.25, 0.3) is 0 Å². The third-order valence-electron chi connectivity index (χ3n) is 2.17. The van der Waals surface area contributed by atoms with Crippen molar-refractivity contribution in [2.24, 2.45) is 0 Å². The van der Waals surface area contributed by atoms with E-state index in [2.05, 4.69) is 11.8 Å². The molecule has 0 aliphatic heterocycles. The van der Waals surface area contributed by atoms with E-state index in [0.29, 0.717) is 17.9 Å². The number of hydrogen-bond acceptors (Lipinski definition) is 1. The van der Waals surface area contributed by atoms with Crippen LogP contribution in [0.15, 0.2) is 18.2 Å². The molecule has 0 spiro atoms. The minimum atomic E-state index is -0.469. The molecule has 0 saturated heterocycles. The molecule has 1 rings (SSSR count). The van der Waals surface area contributed by atoms with Gasteiger partial charge in [-0.05, 0) is 43.5 Å². The van der Waals surface area contributed by atoms with E-state index in [1.54, 1.807) is 13.0 Å². The van der Waals surface area contributed by atoms with Gasteiger partial charge < -0.3 is 5.11 Å². The van der Waals surface area contributed by atoms with Gasteiger partial charge in [0.2, 0.25) is 0 Å². The predicted octanol–water partition coefficient (Wildman–Crippen LogP) is 3.49. The standard InChI is InChI=1S/C13H15ClO/c1-3-4-5-6-13(15)11-7-10(2)8-12(14)9-11/h7-9,13,15H,5-6H2,1-2H3. The molecule has 0 radical (unpaired) electrons. The molecular weight excluding hydrogens is 208 g/mol. The van der Waals surface area contributed by atoms with Gasteiger partial charge in [-0.3, -0.25) is 0 Å². The molecule has 1 nitrogen and oxygen atoms in total. The minimum absolute atomic E-state index is 0.469. The fraction of sp³-hybridized carbons (Fsp3) is 0.385. The van der Waals surface area contributed by atoms with E-state index in [4.69, 9.17) is 11.6 Å². The number of aliphatic hydroxyl groups is 1. The van der Waals surface area contributed by atoms with Crippen LogP contribution in [0.3, 0.4) is 0 Å². The average molecular weight is 223 g/mol. The van der Waals surface area contributed by atoms with E-state index in [1.165, 1.54) is 0 Å². The van der Waals surface area contributed by atoms with Crippen molar-refractivity contribution in [2.75, 3.05) is 0 Å². The zero-order valence-electron chi connectivity index (χ0n) is 9.05.